The lowest BCUT2D eigenvalue weighted by molar-refractivity contribution is 0.141. The van der Waals surface area contributed by atoms with Gasteiger partial charge in [0.1, 0.15) is 12.4 Å². The third kappa shape index (κ3) is 5.23. The number of phenols is 1. The molecule has 23 heavy (non-hydrogen) atoms. The van der Waals surface area contributed by atoms with E-state index in [4.69, 9.17) is 22.1 Å². The number of rotatable bonds is 5. The number of halogens is 1. The van der Waals surface area contributed by atoms with E-state index in [1.54, 1.807) is 18.2 Å². The number of phenolic OH excluding ortho intramolecular Hbond substituents is 1. The summed E-state index contributed by atoms with van der Waals surface area (Å²) in [6.45, 7) is 0.460. The first kappa shape index (κ1) is 16.7. The molecule has 0 radical (unpaired) electrons. The third-order valence-corrected chi connectivity index (χ3v) is 3.23. The Bertz CT molecular complexity index is 702. The topological polar surface area (TPSA) is 84.6 Å². The molecule has 5 nitrogen and oxygen atoms in total. The fraction of sp³-hybridized carbons (Fsp3) is 0.118. The first-order valence-corrected chi connectivity index (χ1v) is 7.33. The first-order chi connectivity index (χ1) is 11.1. The maximum Gasteiger partial charge on any atom is 0.407 e. The zero-order chi connectivity index (χ0) is 16.7. The number of ether oxygens (including phenoxy) is 1. The van der Waals surface area contributed by atoms with Crippen molar-refractivity contribution in [1.82, 2.24) is 5.32 Å². The number of carbonyl (C=O) groups excluding carboxylic acids is 1. The van der Waals surface area contributed by atoms with Gasteiger partial charge < -0.3 is 20.9 Å². The molecule has 120 valence electrons. The van der Waals surface area contributed by atoms with E-state index in [-0.39, 0.29) is 24.6 Å². The monoisotopic (exact) mass is 332 g/mol. The van der Waals surface area contributed by atoms with Crippen LogP contribution in [0.15, 0.2) is 48.5 Å². The number of hydrogen-bond acceptors (Lipinski definition) is 4. The maximum absolute atomic E-state index is 11.5. The Balaban J connectivity index is 1.79. The van der Waals surface area contributed by atoms with Crippen LogP contribution in [0.1, 0.15) is 11.1 Å². The SMILES string of the molecule is Nc1cc(Cl)cc(C=CCNC(=O)OCc2ccccc2)c1O. The van der Waals surface area contributed by atoms with E-state index >= 15 is 0 Å². The van der Waals surface area contributed by atoms with Gasteiger partial charge >= 0.3 is 6.09 Å². The Hall–Kier alpha value is -2.66. The summed E-state index contributed by atoms with van der Waals surface area (Å²) in [5.74, 6) is -0.0442. The Labute approximate surface area is 139 Å². The average molecular weight is 333 g/mol. The molecule has 4 N–H and O–H groups in total. The first-order valence-electron chi connectivity index (χ1n) is 6.95. The summed E-state index contributed by atoms with van der Waals surface area (Å²) < 4.78 is 5.07. The molecule has 0 spiro atoms. The Morgan fingerprint density at radius 2 is 2.04 bits per heavy atom. The zero-order valence-corrected chi connectivity index (χ0v) is 13.1. The molecular weight excluding hydrogens is 316 g/mol. The number of hydrogen-bond donors (Lipinski definition) is 3. The van der Waals surface area contributed by atoms with Gasteiger partial charge in [0.2, 0.25) is 0 Å². The fourth-order valence-electron chi connectivity index (χ4n) is 1.87. The molecule has 0 aliphatic heterocycles. The van der Waals surface area contributed by atoms with Crippen molar-refractivity contribution in [3.63, 3.8) is 0 Å². The van der Waals surface area contributed by atoms with E-state index in [0.29, 0.717) is 10.6 Å². The highest BCUT2D eigenvalue weighted by atomic mass is 35.5. The normalized spacial score (nSPS) is 10.7. The van der Waals surface area contributed by atoms with Crippen LogP contribution in [0.2, 0.25) is 5.02 Å². The van der Waals surface area contributed by atoms with E-state index in [1.807, 2.05) is 30.3 Å². The molecule has 0 heterocycles. The van der Waals surface area contributed by atoms with Crippen LogP contribution in [-0.4, -0.2) is 17.7 Å². The van der Waals surface area contributed by atoms with Gasteiger partial charge in [-0.25, -0.2) is 4.79 Å². The smallest absolute Gasteiger partial charge is 0.407 e. The van der Waals surface area contributed by atoms with Gasteiger partial charge in [0.15, 0.2) is 0 Å². The van der Waals surface area contributed by atoms with E-state index in [2.05, 4.69) is 5.32 Å². The Morgan fingerprint density at radius 1 is 1.30 bits per heavy atom. The highest BCUT2D eigenvalue weighted by molar-refractivity contribution is 6.31. The van der Waals surface area contributed by atoms with Gasteiger partial charge in [0, 0.05) is 17.1 Å². The highest BCUT2D eigenvalue weighted by Gasteiger charge is 2.04. The predicted octanol–water partition coefficient (Wildman–Crippen LogP) is 3.57. The Morgan fingerprint density at radius 3 is 2.78 bits per heavy atom. The molecule has 6 heteroatoms. The summed E-state index contributed by atoms with van der Waals surface area (Å²) in [5.41, 5.74) is 7.21. The molecule has 0 bridgehead atoms. The largest absolute Gasteiger partial charge is 0.505 e. The molecule has 0 atom stereocenters. The van der Waals surface area contributed by atoms with Crippen LogP contribution in [0.3, 0.4) is 0 Å². The summed E-state index contributed by atoms with van der Waals surface area (Å²) in [4.78, 5) is 11.5. The number of nitrogens with one attached hydrogen (secondary N) is 1. The quantitative estimate of drug-likeness (QED) is 0.577. The summed E-state index contributed by atoms with van der Waals surface area (Å²) >= 11 is 5.87. The van der Waals surface area contributed by atoms with Crippen molar-refractivity contribution in [2.75, 3.05) is 12.3 Å². The fourth-order valence-corrected chi connectivity index (χ4v) is 2.11. The second-order valence-electron chi connectivity index (χ2n) is 4.78. The molecule has 0 aliphatic carbocycles. The van der Waals surface area contributed by atoms with Crippen LogP contribution < -0.4 is 11.1 Å². The molecule has 0 saturated heterocycles. The minimum Gasteiger partial charge on any atom is -0.505 e. The predicted molar refractivity (Wildman–Crippen MR) is 91.2 cm³/mol. The lowest BCUT2D eigenvalue weighted by Gasteiger charge is -2.06. The molecule has 2 aromatic rings. The maximum atomic E-state index is 11.5. The number of aromatic hydroxyl groups is 1. The van der Waals surface area contributed by atoms with Gasteiger partial charge in [0.05, 0.1) is 5.69 Å². The van der Waals surface area contributed by atoms with E-state index in [1.165, 1.54) is 6.07 Å². The number of anilines is 1. The molecule has 0 aliphatic rings. The zero-order valence-electron chi connectivity index (χ0n) is 12.3. The van der Waals surface area contributed by atoms with Crippen LogP contribution in [-0.2, 0) is 11.3 Å². The summed E-state index contributed by atoms with van der Waals surface area (Å²) in [6, 6.07) is 12.4. The van der Waals surface area contributed by atoms with E-state index in [0.717, 1.165) is 5.56 Å². The van der Waals surface area contributed by atoms with Gasteiger partial charge in [-0.15, -0.1) is 0 Å². The van der Waals surface area contributed by atoms with Crippen LogP contribution >= 0.6 is 11.6 Å². The molecule has 0 unspecified atom stereocenters. The van der Waals surface area contributed by atoms with Gasteiger partial charge in [0.25, 0.3) is 0 Å². The standard InChI is InChI=1S/C17H17ClN2O3/c18-14-9-13(16(21)15(19)10-14)7-4-8-20-17(22)23-11-12-5-2-1-3-6-12/h1-7,9-10,21H,8,11,19H2,(H,20,22). The van der Waals surface area contributed by atoms with Crippen molar-refractivity contribution in [2.24, 2.45) is 0 Å². The second-order valence-corrected chi connectivity index (χ2v) is 5.21. The van der Waals surface area contributed by atoms with Crippen LogP contribution in [0.4, 0.5) is 10.5 Å². The lowest BCUT2D eigenvalue weighted by atomic mass is 10.1. The number of alkyl carbamates (subject to hydrolysis) is 1. The van der Waals surface area contributed by atoms with Gasteiger partial charge in [-0.1, -0.05) is 54.1 Å². The van der Waals surface area contributed by atoms with Crippen LogP contribution in [0.5, 0.6) is 5.75 Å². The molecule has 1 amide bonds. The van der Waals surface area contributed by atoms with Crippen LogP contribution in [0, 0.1) is 0 Å². The third-order valence-electron chi connectivity index (χ3n) is 3.01. The van der Waals surface area contributed by atoms with Gasteiger partial charge in [-0.3, -0.25) is 0 Å². The summed E-state index contributed by atoms with van der Waals surface area (Å²) in [5, 5.41) is 12.8. The van der Waals surface area contributed by atoms with Crippen molar-refractivity contribution in [3.8, 4) is 5.75 Å². The Kier molecular flexibility index (Phi) is 5.88. The molecule has 0 saturated carbocycles. The summed E-state index contributed by atoms with van der Waals surface area (Å²) in [6.07, 6.45) is 2.76. The van der Waals surface area contributed by atoms with Crippen LogP contribution in [0.25, 0.3) is 6.08 Å². The number of carbonyl (C=O) groups is 1. The number of benzene rings is 2. The van der Waals surface area contributed by atoms with Crippen molar-refractivity contribution in [1.29, 1.82) is 0 Å². The van der Waals surface area contributed by atoms with Crippen molar-refractivity contribution in [3.05, 3.63) is 64.7 Å². The van der Waals surface area contributed by atoms with Crippen molar-refractivity contribution in [2.45, 2.75) is 6.61 Å². The molecular formula is C17H17ClN2O3. The van der Waals surface area contributed by atoms with Gasteiger partial charge in [-0.2, -0.15) is 0 Å². The molecule has 0 aromatic heterocycles. The lowest BCUT2D eigenvalue weighted by Crippen LogP contribution is -2.24. The number of nitrogens with two attached hydrogens (primary N) is 1. The molecule has 0 fully saturated rings. The second kappa shape index (κ2) is 8.10. The van der Waals surface area contributed by atoms with Crippen molar-refractivity contribution >= 4 is 29.5 Å². The number of nitrogen functional groups attached to an aromatic ring is 1. The van der Waals surface area contributed by atoms with Gasteiger partial charge in [-0.05, 0) is 17.7 Å². The minimum atomic E-state index is -0.520. The molecule has 2 aromatic carbocycles. The number of amides is 1. The average Bonchev–Trinajstić information content (AvgIpc) is 2.54. The van der Waals surface area contributed by atoms with E-state index in [9.17, 15) is 9.90 Å². The van der Waals surface area contributed by atoms with E-state index < -0.39 is 6.09 Å². The minimum absolute atomic E-state index is 0.0442. The molecule has 2 rings (SSSR count). The summed E-state index contributed by atoms with van der Waals surface area (Å²) in [7, 11) is 0. The highest BCUT2D eigenvalue weighted by Crippen LogP contribution is 2.29. The van der Waals surface area contributed by atoms with Crippen molar-refractivity contribution < 1.29 is 14.6 Å².